The fraction of sp³-hybridized carbons (Fsp3) is 0.391. The molecule has 0 aromatic heterocycles. The first kappa shape index (κ1) is 17.5. The van der Waals surface area contributed by atoms with Gasteiger partial charge in [-0.2, -0.15) is 0 Å². The second-order valence-corrected chi connectivity index (χ2v) is 6.95. The zero-order valence-electron chi connectivity index (χ0n) is 14.9. The highest BCUT2D eigenvalue weighted by molar-refractivity contribution is 5.33. The van der Waals surface area contributed by atoms with Crippen LogP contribution in [0, 0.1) is 0 Å². The SMILES string of the molecule is CCCCC=CC(C)(C)c1cccc(CCc2ccccc2)c1. The van der Waals surface area contributed by atoms with Crippen LogP contribution in [0.4, 0.5) is 0 Å². The van der Waals surface area contributed by atoms with Crippen molar-refractivity contribution in [3.63, 3.8) is 0 Å². The van der Waals surface area contributed by atoms with Crippen LogP contribution in [0.25, 0.3) is 0 Å². The lowest BCUT2D eigenvalue weighted by Gasteiger charge is -2.22. The molecule has 0 fully saturated rings. The van der Waals surface area contributed by atoms with Crippen molar-refractivity contribution in [1.29, 1.82) is 0 Å². The van der Waals surface area contributed by atoms with E-state index < -0.39 is 0 Å². The van der Waals surface area contributed by atoms with Gasteiger partial charge >= 0.3 is 0 Å². The van der Waals surface area contributed by atoms with Crippen molar-refractivity contribution in [1.82, 2.24) is 0 Å². The minimum absolute atomic E-state index is 0.108. The van der Waals surface area contributed by atoms with E-state index in [-0.39, 0.29) is 5.41 Å². The Morgan fingerprint density at radius 3 is 2.30 bits per heavy atom. The Morgan fingerprint density at radius 1 is 0.870 bits per heavy atom. The second-order valence-electron chi connectivity index (χ2n) is 6.95. The first-order chi connectivity index (χ1) is 11.1. The summed E-state index contributed by atoms with van der Waals surface area (Å²) in [5.74, 6) is 0. The number of rotatable bonds is 8. The number of allylic oxidation sites excluding steroid dienone is 2. The largest absolute Gasteiger partial charge is 0.0877 e. The highest BCUT2D eigenvalue weighted by Gasteiger charge is 2.16. The predicted molar refractivity (Wildman–Crippen MR) is 102 cm³/mol. The molecule has 0 N–H and O–H groups in total. The van der Waals surface area contributed by atoms with E-state index in [0.717, 1.165) is 12.8 Å². The highest BCUT2D eigenvalue weighted by atomic mass is 14.2. The molecule has 0 atom stereocenters. The fourth-order valence-electron chi connectivity index (χ4n) is 2.86. The maximum Gasteiger partial charge on any atom is 0.00754 e. The van der Waals surface area contributed by atoms with Crippen LogP contribution in [0.3, 0.4) is 0 Å². The smallest absolute Gasteiger partial charge is 0.00754 e. The first-order valence-electron chi connectivity index (χ1n) is 8.93. The molecule has 0 aliphatic heterocycles. The summed E-state index contributed by atoms with van der Waals surface area (Å²) in [4.78, 5) is 0. The minimum atomic E-state index is 0.108. The molecule has 0 saturated heterocycles. The van der Waals surface area contributed by atoms with Crippen LogP contribution in [0.2, 0.25) is 0 Å². The first-order valence-corrected chi connectivity index (χ1v) is 8.93. The van der Waals surface area contributed by atoms with E-state index in [2.05, 4.69) is 87.5 Å². The van der Waals surface area contributed by atoms with Gasteiger partial charge in [-0.1, -0.05) is 100 Å². The lowest BCUT2D eigenvalue weighted by Crippen LogP contribution is -2.13. The predicted octanol–water partition coefficient (Wildman–Crippen LogP) is 6.50. The number of hydrogen-bond donors (Lipinski definition) is 0. The zero-order chi connectivity index (χ0) is 16.5. The summed E-state index contributed by atoms with van der Waals surface area (Å²) in [7, 11) is 0. The third-order valence-corrected chi connectivity index (χ3v) is 4.48. The Morgan fingerprint density at radius 2 is 1.57 bits per heavy atom. The van der Waals surface area contributed by atoms with Crippen molar-refractivity contribution < 1.29 is 0 Å². The maximum absolute atomic E-state index is 2.38. The van der Waals surface area contributed by atoms with Crippen molar-refractivity contribution in [3.8, 4) is 0 Å². The lowest BCUT2D eigenvalue weighted by molar-refractivity contribution is 0.662. The Bertz CT molecular complexity index is 605. The molecular weight excluding hydrogens is 276 g/mol. The van der Waals surface area contributed by atoms with Gasteiger partial charge in [0.15, 0.2) is 0 Å². The summed E-state index contributed by atoms with van der Waals surface area (Å²) in [5.41, 5.74) is 4.37. The Hall–Kier alpha value is -1.82. The van der Waals surface area contributed by atoms with Gasteiger partial charge in [-0.05, 0) is 36.0 Å². The molecule has 0 spiro atoms. The minimum Gasteiger partial charge on any atom is -0.0877 e. The monoisotopic (exact) mass is 306 g/mol. The molecule has 0 aliphatic rings. The molecule has 0 saturated carbocycles. The normalized spacial score (nSPS) is 12.0. The molecule has 0 heterocycles. The molecule has 2 aromatic rings. The lowest BCUT2D eigenvalue weighted by atomic mass is 9.83. The van der Waals surface area contributed by atoms with Gasteiger partial charge in [0.05, 0.1) is 0 Å². The van der Waals surface area contributed by atoms with Gasteiger partial charge in [-0.3, -0.25) is 0 Å². The molecule has 23 heavy (non-hydrogen) atoms. The number of benzene rings is 2. The van der Waals surface area contributed by atoms with Crippen LogP contribution in [-0.2, 0) is 18.3 Å². The third-order valence-electron chi connectivity index (χ3n) is 4.48. The zero-order valence-corrected chi connectivity index (χ0v) is 14.9. The summed E-state index contributed by atoms with van der Waals surface area (Å²) in [6, 6.07) is 19.8. The van der Waals surface area contributed by atoms with E-state index in [1.165, 1.54) is 36.0 Å². The van der Waals surface area contributed by atoms with Gasteiger partial charge in [-0.15, -0.1) is 0 Å². The topological polar surface area (TPSA) is 0 Å². The van der Waals surface area contributed by atoms with Crippen LogP contribution in [-0.4, -0.2) is 0 Å². The molecule has 2 rings (SSSR count). The van der Waals surface area contributed by atoms with Gasteiger partial charge in [0.2, 0.25) is 0 Å². The molecule has 0 bridgehead atoms. The van der Waals surface area contributed by atoms with Crippen LogP contribution < -0.4 is 0 Å². The number of aryl methyl sites for hydroxylation is 2. The highest BCUT2D eigenvalue weighted by Crippen LogP contribution is 2.26. The van der Waals surface area contributed by atoms with Gasteiger partial charge in [0.1, 0.15) is 0 Å². The summed E-state index contributed by atoms with van der Waals surface area (Å²) >= 11 is 0. The van der Waals surface area contributed by atoms with Crippen molar-refractivity contribution in [2.75, 3.05) is 0 Å². The summed E-state index contributed by atoms with van der Waals surface area (Å²) in [5, 5.41) is 0. The van der Waals surface area contributed by atoms with Crippen LogP contribution >= 0.6 is 0 Å². The third kappa shape index (κ3) is 5.71. The van der Waals surface area contributed by atoms with Gasteiger partial charge in [-0.25, -0.2) is 0 Å². The van der Waals surface area contributed by atoms with E-state index in [1.54, 1.807) is 0 Å². The fourth-order valence-corrected chi connectivity index (χ4v) is 2.86. The van der Waals surface area contributed by atoms with E-state index in [0.29, 0.717) is 0 Å². The molecule has 0 amide bonds. The molecule has 0 nitrogen and oxygen atoms in total. The van der Waals surface area contributed by atoms with Gasteiger partial charge < -0.3 is 0 Å². The van der Waals surface area contributed by atoms with E-state index in [9.17, 15) is 0 Å². The number of hydrogen-bond acceptors (Lipinski definition) is 0. The average molecular weight is 306 g/mol. The molecule has 0 heteroatoms. The van der Waals surface area contributed by atoms with E-state index in [4.69, 9.17) is 0 Å². The van der Waals surface area contributed by atoms with Crippen molar-refractivity contribution in [2.45, 2.75) is 58.3 Å². The quantitative estimate of drug-likeness (QED) is 0.386. The molecule has 0 radical (unpaired) electrons. The van der Waals surface area contributed by atoms with Crippen LogP contribution in [0.15, 0.2) is 66.7 Å². The average Bonchev–Trinajstić information content (AvgIpc) is 2.58. The van der Waals surface area contributed by atoms with Gasteiger partial charge in [0.25, 0.3) is 0 Å². The van der Waals surface area contributed by atoms with Crippen molar-refractivity contribution in [2.24, 2.45) is 0 Å². The summed E-state index contributed by atoms with van der Waals surface area (Å²) in [6.45, 7) is 6.87. The maximum atomic E-state index is 2.38. The molecule has 2 aromatic carbocycles. The Kier molecular flexibility index (Phi) is 6.65. The second kappa shape index (κ2) is 8.72. The molecule has 0 aliphatic carbocycles. The Balaban J connectivity index is 2.02. The molecular formula is C23H30. The van der Waals surface area contributed by atoms with Crippen LogP contribution in [0.1, 0.15) is 56.7 Å². The van der Waals surface area contributed by atoms with Crippen LogP contribution in [0.5, 0.6) is 0 Å². The molecule has 122 valence electrons. The standard InChI is InChI=1S/C23H30/c1-4-5-6-10-18-23(2,3)22-15-11-14-21(19-22)17-16-20-12-8-7-9-13-20/h7-15,18-19H,4-6,16-17H2,1-3H3. The Labute approximate surface area is 142 Å². The summed E-state index contributed by atoms with van der Waals surface area (Å²) < 4.78 is 0. The number of unbranched alkanes of at least 4 members (excludes halogenated alkanes) is 2. The van der Waals surface area contributed by atoms with E-state index in [1.807, 2.05) is 0 Å². The van der Waals surface area contributed by atoms with E-state index >= 15 is 0 Å². The molecule has 0 unspecified atom stereocenters. The van der Waals surface area contributed by atoms with Gasteiger partial charge in [0, 0.05) is 5.41 Å². The summed E-state index contributed by atoms with van der Waals surface area (Å²) in [6.07, 6.45) is 10.7. The van der Waals surface area contributed by atoms with Crippen molar-refractivity contribution >= 4 is 0 Å². The van der Waals surface area contributed by atoms with Crippen molar-refractivity contribution in [3.05, 3.63) is 83.4 Å².